The molecule has 0 aliphatic carbocycles. The van der Waals surface area contributed by atoms with Gasteiger partial charge in [0.1, 0.15) is 0 Å². The first-order valence-electron chi connectivity index (χ1n) is 4.64. The number of aliphatic imine (C=N–C) groups is 1. The van der Waals surface area contributed by atoms with E-state index >= 15 is 0 Å². The minimum Gasteiger partial charge on any atom is -0.369 e. The van der Waals surface area contributed by atoms with Crippen molar-refractivity contribution in [3.63, 3.8) is 0 Å². The molecule has 0 aromatic carbocycles. The van der Waals surface area contributed by atoms with Crippen molar-refractivity contribution in [2.45, 2.75) is 25.6 Å². The molecule has 0 fully saturated rings. The van der Waals surface area contributed by atoms with Gasteiger partial charge in [0, 0.05) is 18.5 Å². The fourth-order valence-corrected chi connectivity index (χ4v) is 1.97. The summed E-state index contributed by atoms with van der Waals surface area (Å²) < 4.78 is 21.1. The van der Waals surface area contributed by atoms with Gasteiger partial charge in [0.15, 0.2) is 16.5 Å². The van der Waals surface area contributed by atoms with Crippen LogP contribution in [0.15, 0.2) is 4.99 Å². The number of alkyl halides is 1. The van der Waals surface area contributed by atoms with Crippen LogP contribution in [0, 0.1) is 5.41 Å². The summed E-state index contributed by atoms with van der Waals surface area (Å²) in [4.78, 5) is 5.86. The van der Waals surface area contributed by atoms with Crippen molar-refractivity contribution in [3.05, 3.63) is 0 Å². The van der Waals surface area contributed by atoms with Crippen LogP contribution in [0.1, 0.15) is 20.3 Å². The molecule has 2 atom stereocenters. The molecule has 15 heavy (non-hydrogen) atoms. The maximum absolute atomic E-state index is 11.1. The second kappa shape index (κ2) is 6.80. The van der Waals surface area contributed by atoms with Gasteiger partial charge in [-0.15, -0.1) is 0 Å². The van der Waals surface area contributed by atoms with Gasteiger partial charge in [-0.25, -0.2) is 4.21 Å². The fourth-order valence-electron chi connectivity index (χ4n) is 0.911. The highest BCUT2D eigenvalue weighted by atomic mass is 127. The Morgan fingerprint density at radius 2 is 2.13 bits per heavy atom. The van der Waals surface area contributed by atoms with Crippen molar-refractivity contribution in [1.29, 1.82) is 0 Å². The average Bonchev–Trinajstić information content (AvgIpc) is 2.11. The Hall–Kier alpha value is 0.310. The van der Waals surface area contributed by atoms with E-state index in [1.54, 1.807) is 11.2 Å². The highest BCUT2D eigenvalue weighted by Gasteiger charge is 2.25. The molecule has 1 N–H and O–H groups in total. The zero-order valence-electron chi connectivity index (χ0n) is 9.61. The number of hydrogen-bond acceptors (Lipinski definition) is 2. The molecule has 4 nitrogen and oxygen atoms in total. The molecule has 0 aliphatic rings. The van der Waals surface area contributed by atoms with Crippen molar-refractivity contribution in [1.82, 2.24) is 4.90 Å². The van der Waals surface area contributed by atoms with E-state index in [1.165, 1.54) is 0 Å². The molecule has 90 valence electrons. The summed E-state index contributed by atoms with van der Waals surface area (Å²) in [5, 5.41) is -0.530. The van der Waals surface area contributed by atoms with Crippen molar-refractivity contribution < 1.29 is 8.76 Å². The quantitative estimate of drug-likeness (QED) is 0.263. The van der Waals surface area contributed by atoms with Crippen LogP contribution in [-0.4, -0.2) is 43.9 Å². The molecule has 0 bridgehead atoms. The lowest BCUT2D eigenvalue weighted by molar-refractivity contribution is 0.380. The summed E-state index contributed by atoms with van der Waals surface area (Å²) in [5.74, 6) is 0. The van der Waals surface area contributed by atoms with E-state index in [0.717, 1.165) is 4.43 Å². The Kier molecular flexibility index (Phi) is 6.94. The SMILES string of the molecule is CN(C)C=NC(CC(C)(C)CI)S(=O)O. The van der Waals surface area contributed by atoms with Crippen molar-refractivity contribution >= 4 is 40.0 Å². The highest BCUT2D eigenvalue weighted by molar-refractivity contribution is 14.1. The molecule has 0 heterocycles. The first-order chi connectivity index (χ1) is 6.78. The zero-order chi connectivity index (χ0) is 12.1. The Balaban J connectivity index is 4.49. The zero-order valence-corrected chi connectivity index (χ0v) is 12.6. The average molecular weight is 346 g/mol. The predicted octanol–water partition coefficient (Wildman–Crippen LogP) is 1.98. The topological polar surface area (TPSA) is 52.9 Å². The summed E-state index contributed by atoms with van der Waals surface area (Å²) >= 11 is 0.390. The second-order valence-electron chi connectivity index (χ2n) is 4.46. The lowest BCUT2D eigenvalue weighted by Crippen LogP contribution is -2.25. The Morgan fingerprint density at radius 3 is 2.47 bits per heavy atom. The third-order valence-corrected chi connectivity index (χ3v) is 4.60. The monoisotopic (exact) mass is 346 g/mol. The van der Waals surface area contributed by atoms with Crippen molar-refractivity contribution in [2.24, 2.45) is 10.4 Å². The van der Waals surface area contributed by atoms with E-state index in [0.29, 0.717) is 6.42 Å². The van der Waals surface area contributed by atoms with E-state index in [1.807, 2.05) is 14.1 Å². The van der Waals surface area contributed by atoms with Crippen LogP contribution >= 0.6 is 22.6 Å². The van der Waals surface area contributed by atoms with Crippen molar-refractivity contribution in [2.75, 3.05) is 18.5 Å². The number of hydrogen-bond donors (Lipinski definition) is 1. The molecule has 0 rings (SSSR count). The summed E-state index contributed by atoms with van der Waals surface area (Å²) in [5.41, 5.74) is 0.0350. The summed E-state index contributed by atoms with van der Waals surface area (Å²) in [7, 11) is 3.68. The van der Waals surface area contributed by atoms with Crippen LogP contribution in [-0.2, 0) is 11.1 Å². The van der Waals surface area contributed by atoms with Gasteiger partial charge in [-0.1, -0.05) is 36.4 Å². The molecule has 0 saturated heterocycles. The van der Waals surface area contributed by atoms with Crippen LogP contribution in [0.2, 0.25) is 0 Å². The fraction of sp³-hybridized carbons (Fsp3) is 0.889. The smallest absolute Gasteiger partial charge is 0.178 e. The standard InChI is InChI=1S/C9H19IN2O2S/c1-9(2,6-10)5-8(15(13)14)11-7-12(3)4/h7-8H,5-6H2,1-4H3,(H,13,14). The summed E-state index contributed by atoms with van der Waals surface area (Å²) in [6.07, 6.45) is 2.20. The Labute approximate surface area is 108 Å². The minimum absolute atomic E-state index is 0.0350. The van der Waals surface area contributed by atoms with Crippen molar-refractivity contribution in [3.8, 4) is 0 Å². The Morgan fingerprint density at radius 1 is 1.60 bits per heavy atom. The van der Waals surface area contributed by atoms with E-state index in [-0.39, 0.29) is 5.41 Å². The predicted molar refractivity (Wildman–Crippen MR) is 74.0 cm³/mol. The molecule has 0 amide bonds. The summed E-state index contributed by atoms with van der Waals surface area (Å²) in [6.45, 7) is 4.15. The van der Waals surface area contributed by atoms with Gasteiger partial charge >= 0.3 is 0 Å². The van der Waals surface area contributed by atoms with Gasteiger partial charge in [-0.2, -0.15) is 0 Å². The van der Waals surface area contributed by atoms with Gasteiger partial charge in [0.2, 0.25) is 0 Å². The van der Waals surface area contributed by atoms with Crippen LogP contribution < -0.4 is 0 Å². The van der Waals surface area contributed by atoms with Crippen LogP contribution in [0.4, 0.5) is 0 Å². The van der Waals surface area contributed by atoms with Gasteiger partial charge in [0.05, 0.1) is 6.34 Å². The lowest BCUT2D eigenvalue weighted by Gasteiger charge is -2.24. The highest BCUT2D eigenvalue weighted by Crippen LogP contribution is 2.27. The molecule has 0 aromatic rings. The second-order valence-corrected chi connectivity index (χ2v) is 6.32. The molecular formula is C9H19IN2O2S. The third kappa shape index (κ3) is 7.24. The molecule has 0 spiro atoms. The van der Waals surface area contributed by atoms with Gasteiger partial charge < -0.3 is 9.45 Å². The first-order valence-corrected chi connectivity index (χ1v) is 7.33. The first kappa shape index (κ1) is 15.3. The Bertz CT molecular complexity index is 244. The van der Waals surface area contributed by atoms with Crippen LogP contribution in [0.5, 0.6) is 0 Å². The maximum Gasteiger partial charge on any atom is 0.178 e. The maximum atomic E-state index is 11.1. The molecular weight excluding hydrogens is 327 g/mol. The van der Waals surface area contributed by atoms with E-state index in [4.69, 9.17) is 4.55 Å². The van der Waals surface area contributed by atoms with Crippen LogP contribution in [0.25, 0.3) is 0 Å². The third-order valence-electron chi connectivity index (χ3n) is 1.79. The number of rotatable bonds is 6. The lowest BCUT2D eigenvalue weighted by atomic mass is 9.92. The molecule has 0 radical (unpaired) electrons. The largest absolute Gasteiger partial charge is 0.369 e. The van der Waals surface area contributed by atoms with Gasteiger partial charge in [0.25, 0.3) is 0 Å². The van der Waals surface area contributed by atoms with E-state index in [9.17, 15) is 4.21 Å². The minimum atomic E-state index is -1.90. The van der Waals surface area contributed by atoms with Crippen LogP contribution in [0.3, 0.4) is 0 Å². The van der Waals surface area contributed by atoms with E-state index < -0.39 is 16.5 Å². The number of halogens is 1. The molecule has 0 aliphatic heterocycles. The molecule has 2 unspecified atom stereocenters. The summed E-state index contributed by atoms with van der Waals surface area (Å²) in [6, 6.07) is 0. The van der Waals surface area contributed by atoms with E-state index in [2.05, 4.69) is 41.4 Å². The molecule has 6 heteroatoms. The van der Waals surface area contributed by atoms with Gasteiger partial charge in [-0.3, -0.25) is 4.99 Å². The number of nitrogens with zero attached hydrogens (tertiary/aromatic N) is 2. The molecule has 0 aromatic heterocycles. The normalized spacial score (nSPS) is 16.7. The molecule has 0 saturated carbocycles. The van der Waals surface area contributed by atoms with Gasteiger partial charge in [-0.05, 0) is 11.8 Å².